The molecule has 19 nitrogen and oxygen atoms in total. The van der Waals surface area contributed by atoms with Gasteiger partial charge >= 0.3 is 33.3 Å². The number of carbonyl (C=O) groups is 2. The SMILES string of the molecule is CCCCC/C=C\C/C=C\C/C=C\CCCCCCC(=O)O[C@H](COC(=O)CCC/C=C\C/C=C\C/C=C\C/C=C\C=C\[C@@H](O)CC)COP(=O)(O)OP(=O)(O)OC[C@H]1O[C@@H](n2ccc(N)nc2=O)[C@H](O)[C@@H]1O. The molecule has 1 aromatic heterocycles. The molecule has 1 aromatic rings. The van der Waals surface area contributed by atoms with E-state index in [-0.39, 0.29) is 18.7 Å². The monoisotopic (exact) mass is 1070 g/mol. The maximum atomic E-state index is 12.9. The summed E-state index contributed by atoms with van der Waals surface area (Å²) in [6.45, 7) is 1.70. The summed E-state index contributed by atoms with van der Waals surface area (Å²) in [4.78, 5) is 61.9. The van der Waals surface area contributed by atoms with Gasteiger partial charge in [-0.25, -0.2) is 13.9 Å². The number of esters is 2. The lowest BCUT2D eigenvalue weighted by Gasteiger charge is -2.21. The molecule has 2 heterocycles. The molecule has 0 spiro atoms. The second-order valence-corrected chi connectivity index (χ2v) is 20.2. The number of carbonyl (C=O) groups excluding carboxylic acids is 2. The van der Waals surface area contributed by atoms with Crippen molar-refractivity contribution in [2.24, 2.45) is 0 Å². The van der Waals surface area contributed by atoms with Crippen LogP contribution in [0.4, 0.5) is 5.82 Å². The standard InChI is InChI=1S/C52H81N3O16P2/c1-3-5-6-7-8-9-10-11-12-13-14-19-22-25-28-31-34-37-48(58)69-44(40-66-47(57)36-33-30-27-24-21-18-16-15-17-20-23-26-29-32-35-43(56)4-2)41-67-72(62,63)71-73(64,65)68-42-45-49(59)50(60)51(70-45)55-39-38-46(53)54-52(55)61/h8-9,11-12,14,16-20,24,26-27,29,32,35,38-39,43-45,49-51,56,59-60H,3-7,10,13,15,21-23,25,28,30-31,33-34,36-37,40-42H2,1-2H3,(H,62,63)(H,64,65)(H2,53,54,61)/b9-8-,12-11-,18-16-,19-14-,20-17-,27-24-,29-26-,35-32+/t43-,44+,45+,49+,50+,51+/m0/s1. The first-order chi connectivity index (χ1) is 35.1. The lowest BCUT2D eigenvalue weighted by molar-refractivity contribution is -0.161. The van der Waals surface area contributed by atoms with Crippen molar-refractivity contribution in [3.05, 3.63) is 120 Å². The fourth-order valence-corrected chi connectivity index (χ4v) is 8.83. The molecule has 73 heavy (non-hydrogen) atoms. The smallest absolute Gasteiger partial charge is 0.462 e. The molecule has 1 aliphatic rings. The highest BCUT2D eigenvalue weighted by atomic mass is 31.3. The number of hydrogen-bond acceptors (Lipinski definition) is 16. The van der Waals surface area contributed by atoms with E-state index >= 15 is 0 Å². The summed E-state index contributed by atoms with van der Waals surface area (Å²) >= 11 is 0. The van der Waals surface area contributed by atoms with E-state index in [4.69, 9.17) is 29.0 Å². The van der Waals surface area contributed by atoms with Crippen LogP contribution in [-0.2, 0) is 46.3 Å². The number of nitrogen functional groups attached to an aromatic ring is 1. The van der Waals surface area contributed by atoms with Gasteiger partial charge in [0.2, 0.25) is 0 Å². The van der Waals surface area contributed by atoms with Crippen molar-refractivity contribution >= 4 is 33.4 Å². The maximum Gasteiger partial charge on any atom is 0.481 e. The van der Waals surface area contributed by atoms with Crippen molar-refractivity contribution in [1.29, 1.82) is 0 Å². The molecule has 8 atom stereocenters. The van der Waals surface area contributed by atoms with E-state index in [1.807, 2.05) is 43.4 Å². The van der Waals surface area contributed by atoms with Crippen molar-refractivity contribution < 1.29 is 71.4 Å². The Hall–Kier alpha value is -4.36. The maximum absolute atomic E-state index is 12.9. The Labute approximate surface area is 431 Å². The molecule has 1 aliphatic heterocycles. The number of nitrogens with two attached hydrogens (primary N) is 1. The lowest BCUT2D eigenvalue weighted by atomic mass is 10.1. The molecule has 0 amide bonds. The van der Waals surface area contributed by atoms with E-state index in [0.717, 1.165) is 75.0 Å². The normalized spacial score (nSPS) is 20.2. The number of aromatic nitrogens is 2. The molecule has 7 N–H and O–H groups in total. The van der Waals surface area contributed by atoms with Gasteiger partial charge in [-0.2, -0.15) is 9.29 Å². The number of anilines is 1. The minimum absolute atomic E-state index is 0.000661. The van der Waals surface area contributed by atoms with Gasteiger partial charge in [0, 0.05) is 19.0 Å². The number of phosphoric ester groups is 2. The van der Waals surface area contributed by atoms with Crippen LogP contribution in [0.25, 0.3) is 0 Å². The average Bonchev–Trinajstić information content (AvgIpc) is 3.63. The minimum atomic E-state index is -5.45. The Kier molecular flexibility index (Phi) is 34.7. The lowest BCUT2D eigenvalue weighted by Crippen LogP contribution is -2.36. The molecule has 410 valence electrons. The first-order valence-corrected chi connectivity index (χ1v) is 28.3. The molecule has 21 heteroatoms. The number of aliphatic hydroxyl groups is 3. The number of ether oxygens (including phenoxy) is 3. The molecule has 0 aliphatic carbocycles. The van der Waals surface area contributed by atoms with Gasteiger partial charge < -0.3 is 45.1 Å². The zero-order valence-corrected chi connectivity index (χ0v) is 44.3. The summed E-state index contributed by atoms with van der Waals surface area (Å²) in [7, 11) is -10.9. The van der Waals surface area contributed by atoms with Crippen LogP contribution in [0, 0.1) is 0 Å². The molecular weight excluding hydrogens is 985 g/mol. The summed E-state index contributed by atoms with van der Waals surface area (Å²) in [6.07, 6.45) is 40.1. The molecule has 0 saturated carbocycles. The van der Waals surface area contributed by atoms with Gasteiger partial charge in [-0.05, 0) is 89.5 Å². The third-order valence-corrected chi connectivity index (χ3v) is 13.4. The van der Waals surface area contributed by atoms with Crippen LogP contribution in [0.1, 0.15) is 142 Å². The molecule has 1 saturated heterocycles. The van der Waals surface area contributed by atoms with Crippen molar-refractivity contribution in [2.45, 2.75) is 173 Å². The number of phosphoric acid groups is 2. The zero-order valence-electron chi connectivity index (χ0n) is 42.5. The molecule has 2 rings (SSSR count). The number of nitrogens with zero attached hydrogens (tertiary/aromatic N) is 2. The van der Waals surface area contributed by atoms with Crippen molar-refractivity contribution in [3.8, 4) is 0 Å². The predicted octanol–water partition coefficient (Wildman–Crippen LogP) is 9.41. The van der Waals surface area contributed by atoms with Crippen LogP contribution in [0.2, 0.25) is 0 Å². The van der Waals surface area contributed by atoms with Crippen LogP contribution >= 0.6 is 15.6 Å². The van der Waals surface area contributed by atoms with Gasteiger partial charge in [0.15, 0.2) is 12.3 Å². The third kappa shape index (κ3) is 31.9. The third-order valence-electron chi connectivity index (χ3n) is 10.8. The number of hydrogen-bond donors (Lipinski definition) is 6. The molecule has 2 unspecified atom stereocenters. The number of unbranched alkanes of at least 4 members (excludes halogenated alkanes) is 8. The predicted molar refractivity (Wildman–Crippen MR) is 281 cm³/mol. The van der Waals surface area contributed by atoms with E-state index in [2.05, 4.69) is 70.9 Å². The average molecular weight is 1070 g/mol. The zero-order chi connectivity index (χ0) is 53.6. The summed E-state index contributed by atoms with van der Waals surface area (Å²) in [6, 6.07) is 1.24. The fourth-order valence-electron chi connectivity index (χ4n) is 6.72. The summed E-state index contributed by atoms with van der Waals surface area (Å²) < 4.78 is 56.7. The van der Waals surface area contributed by atoms with Crippen LogP contribution in [0.15, 0.2) is 114 Å². The van der Waals surface area contributed by atoms with Crippen molar-refractivity contribution in [1.82, 2.24) is 9.55 Å². The van der Waals surface area contributed by atoms with Crippen LogP contribution in [-0.4, -0.2) is 96.9 Å². The fraction of sp³-hybridized carbons (Fsp3) is 0.577. The van der Waals surface area contributed by atoms with E-state index in [1.54, 1.807) is 6.08 Å². The Morgan fingerprint density at radius 1 is 0.726 bits per heavy atom. The number of rotatable bonds is 40. The first-order valence-electron chi connectivity index (χ1n) is 25.4. The second kappa shape index (κ2) is 39.1. The van der Waals surface area contributed by atoms with Crippen molar-refractivity contribution in [3.63, 3.8) is 0 Å². The van der Waals surface area contributed by atoms with Gasteiger partial charge in [-0.15, -0.1) is 0 Å². The van der Waals surface area contributed by atoms with E-state index < -0.39 is 89.8 Å². The first kappa shape index (κ1) is 64.8. The van der Waals surface area contributed by atoms with Crippen LogP contribution in [0.5, 0.6) is 0 Å². The Morgan fingerprint density at radius 2 is 1.27 bits per heavy atom. The molecule has 0 bridgehead atoms. The van der Waals surface area contributed by atoms with E-state index in [9.17, 15) is 48.6 Å². The highest BCUT2D eigenvalue weighted by Gasteiger charge is 2.46. The van der Waals surface area contributed by atoms with E-state index in [0.29, 0.717) is 25.7 Å². The molecule has 0 radical (unpaired) electrons. The summed E-state index contributed by atoms with van der Waals surface area (Å²) in [5.74, 6) is -1.43. The van der Waals surface area contributed by atoms with Crippen LogP contribution < -0.4 is 11.4 Å². The number of allylic oxidation sites excluding steroid dienone is 15. The quantitative estimate of drug-likeness (QED) is 0.0117. The Morgan fingerprint density at radius 3 is 1.88 bits per heavy atom. The van der Waals surface area contributed by atoms with E-state index in [1.165, 1.54) is 25.3 Å². The van der Waals surface area contributed by atoms with Gasteiger partial charge in [-0.1, -0.05) is 137 Å². The van der Waals surface area contributed by atoms with Crippen molar-refractivity contribution in [2.75, 3.05) is 25.6 Å². The van der Waals surface area contributed by atoms with Gasteiger partial charge in [0.05, 0.1) is 19.3 Å². The highest BCUT2D eigenvalue weighted by Crippen LogP contribution is 2.60. The summed E-state index contributed by atoms with van der Waals surface area (Å²) in [5.41, 5.74) is 4.57. The molecular formula is C52H81N3O16P2. The Bertz CT molecular complexity index is 2120. The van der Waals surface area contributed by atoms with Crippen LogP contribution in [0.3, 0.4) is 0 Å². The minimum Gasteiger partial charge on any atom is -0.462 e. The number of aliphatic hydroxyl groups excluding tert-OH is 3. The second-order valence-electron chi connectivity index (χ2n) is 17.1. The highest BCUT2D eigenvalue weighted by molar-refractivity contribution is 7.61. The Balaban J connectivity index is 1.85. The molecule has 0 aromatic carbocycles. The largest absolute Gasteiger partial charge is 0.481 e. The molecule has 1 fully saturated rings. The van der Waals surface area contributed by atoms with Gasteiger partial charge in [-0.3, -0.25) is 23.2 Å². The van der Waals surface area contributed by atoms with Gasteiger partial charge in [0.1, 0.15) is 30.7 Å². The van der Waals surface area contributed by atoms with Gasteiger partial charge in [0.25, 0.3) is 0 Å². The summed E-state index contributed by atoms with van der Waals surface area (Å²) in [5, 5.41) is 30.4. The topological polar surface area (TPSA) is 286 Å².